The first kappa shape index (κ1) is 23.7. The molecule has 4 rings (SSSR count). The zero-order valence-electron chi connectivity index (χ0n) is 17.5. The molecule has 9 heteroatoms. The highest BCUT2D eigenvalue weighted by Crippen LogP contribution is 2.11. The fourth-order valence-corrected chi connectivity index (χ4v) is 3.30. The van der Waals surface area contributed by atoms with E-state index in [0.717, 1.165) is 16.8 Å². The summed E-state index contributed by atoms with van der Waals surface area (Å²) in [6, 6.07) is 20.1. The molecule has 32 heavy (non-hydrogen) atoms. The lowest BCUT2D eigenvalue weighted by Crippen LogP contribution is -2.26. The first-order chi connectivity index (χ1) is 15.3. The minimum atomic E-state index is -0.241. The summed E-state index contributed by atoms with van der Waals surface area (Å²) >= 11 is 5.22. The fraction of sp³-hybridized carbons (Fsp3) is 0.261. The van der Waals surface area contributed by atoms with E-state index in [4.69, 9.17) is 26.4 Å². The van der Waals surface area contributed by atoms with Crippen molar-refractivity contribution in [2.24, 2.45) is 0 Å². The number of imidazole rings is 1. The first-order valence-electron chi connectivity index (χ1n) is 10.0. The van der Waals surface area contributed by atoms with Gasteiger partial charge >= 0.3 is 0 Å². The Bertz CT molecular complexity index is 1090. The van der Waals surface area contributed by atoms with Gasteiger partial charge in [-0.05, 0) is 11.1 Å². The van der Waals surface area contributed by atoms with E-state index in [2.05, 4.69) is 15.0 Å². The van der Waals surface area contributed by atoms with Gasteiger partial charge in [0, 0.05) is 0 Å². The fourth-order valence-electron chi connectivity index (χ4n) is 3.10. The van der Waals surface area contributed by atoms with E-state index in [1.54, 1.807) is 12.7 Å². The van der Waals surface area contributed by atoms with Crippen molar-refractivity contribution < 1.29 is 19.7 Å². The van der Waals surface area contributed by atoms with E-state index < -0.39 is 0 Å². The maximum absolute atomic E-state index is 6.11. The van der Waals surface area contributed by atoms with E-state index >= 15 is 0 Å². The van der Waals surface area contributed by atoms with Gasteiger partial charge in [-0.3, -0.25) is 4.57 Å². The van der Waals surface area contributed by atoms with Gasteiger partial charge in [-0.15, -0.1) is 0 Å². The Morgan fingerprint density at radius 3 is 2.06 bits per heavy atom. The molecule has 0 aliphatic rings. The summed E-state index contributed by atoms with van der Waals surface area (Å²) < 4.78 is 20.2. The first-order valence-corrected chi connectivity index (χ1v) is 10.4. The predicted octanol–water partition coefficient (Wildman–Crippen LogP) is 3.44. The molecule has 0 aliphatic carbocycles. The van der Waals surface area contributed by atoms with Crippen LogP contribution in [-0.2, 0) is 34.2 Å². The summed E-state index contributed by atoms with van der Waals surface area (Å²) in [6.07, 6.45) is 3.01. The molecule has 168 valence electrons. The van der Waals surface area contributed by atoms with Crippen LogP contribution in [0, 0.1) is 4.64 Å². The van der Waals surface area contributed by atoms with Crippen LogP contribution in [0.5, 0.6) is 0 Å². The zero-order valence-corrected chi connectivity index (χ0v) is 18.3. The molecule has 2 aromatic heterocycles. The second kappa shape index (κ2) is 12.2. The van der Waals surface area contributed by atoms with Crippen molar-refractivity contribution in [1.29, 1.82) is 0 Å². The third-order valence-corrected chi connectivity index (χ3v) is 5.00. The number of rotatable bonds is 11. The summed E-state index contributed by atoms with van der Waals surface area (Å²) in [7, 11) is 0. The van der Waals surface area contributed by atoms with E-state index in [1.807, 2.05) is 65.2 Å². The highest BCUT2D eigenvalue weighted by Gasteiger charge is 2.13. The Labute approximate surface area is 191 Å². The van der Waals surface area contributed by atoms with Crippen LogP contribution in [0.1, 0.15) is 11.1 Å². The summed E-state index contributed by atoms with van der Waals surface area (Å²) in [6.45, 7) is 2.15. The largest absolute Gasteiger partial charge is 0.412 e. The molecule has 0 spiro atoms. The molecule has 0 fully saturated rings. The topological polar surface area (TPSA) is 106 Å². The molecule has 2 aromatic carbocycles. The Morgan fingerprint density at radius 2 is 1.47 bits per heavy atom. The van der Waals surface area contributed by atoms with Gasteiger partial charge in [-0.1, -0.05) is 72.9 Å². The molecular weight excluding hydrogens is 428 g/mol. The summed E-state index contributed by atoms with van der Waals surface area (Å²) in [5.74, 6) is 0. The molecule has 0 unspecified atom stereocenters. The average Bonchev–Trinajstić information content (AvgIpc) is 3.23. The maximum Gasteiger partial charge on any atom is 0.157 e. The van der Waals surface area contributed by atoms with Gasteiger partial charge in [-0.25, -0.2) is 9.97 Å². The van der Waals surface area contributed by atoms with Crippen molar-refractivity contribution in [2.45, 2.75) is 26.0 Å². The van der Waals surface area contributed by atoms with E-state index in [0.29, 0.717) is 43.3 Å². The lowest BCUT2D eigenvalue weighted by molar-refractivity contribution is -0.0866. The van der Waals surface area contributed by atoms with Gasteiger partial charge in [0.25, 0.3) is 0 Å². The Kier molecular flexibility index (Phi) is 9.02. The molecule has 0 saturated heterocycles. The van der Waals surface area contributed by atoms with Crippen LogP contribution in [0.4, 0.5) is 0 Å². The molecule has 4 aromatic rings. The van der Waals surface area contributed by atoms with E-state index in [9.17, 15) is 0 Å². The average molecular weight is 455 g/mol. The Morgan fingerprint density at radius 1 is 0.875 bits per heavy atom. The molecule has 3 N–H and O–H groups in total. The third kappa shape index (κ3) is 6.52. The van der Waals surface area contributed by atoms with Crippen molar-refractivity contribution in [3.63, 3.8) is 0 Å². The normalized spacial score (nSPS) is 11.0. The number of aromatic nitrogens is 4. The number of fused-ring (bicyclic) bond motifs is 1. The third-order valence-electron chi connectivity index (χ3n) is 4.70. The van der Waals surface area contributed by atoms with Crippen LogP contribution in [0.3, 0.4) is 0 Å². The van der Waals surface area contributed by atoms with Crippen LogP contribution >= 0.6 is 12.2 Å². The number of aromatic amines is 1. The molecule has 8 nitrogen and oxygen atoms in total. The van der Waals surface area contributed by atoms with Crippen LogP contribution < -0.4 is 0 Å². The zero-order chi connectivity index (χ0) is 21.3. The SMILES string of the molecule is O.S=c1nc[nH]c2c1ncn2COC(COCc1ccccc1)COCc1ccccc1. The molecule has 0 radical (unpaired) electrons. The van der Waals surface area contributed by atoms with Crippen molar-refractivity contribution in [2.75, 3.05) is 13.2 Å². The molecule has 2 heterocycles. The second-order valence-corrected chi connectivity index (χ2v) is 7.43. The highest BCUT2D eigenvalue weighted by atomic mass is 32.1. The number of hydrogen-bond donors (Lipinski definition) is 1. The van der Waals surface area contributed by atoms with E-state index in [1.165, 1.54) is 0 Å². The van der Waals surface area contributed by atoms with Crippen molar-refractivity contribution >= 4 is 23.4 Å². The number of ether oxygens (including phenoxy) is 3. The minimum absolute atomic E-state index is 0. The number of nitrogens with one attached hydrogen (secondary N) is 1. The van der Waals surface area contributed by atoms with Crippen molar-refractivity contribution in [3.05, 3.63) is 89.1 Å². The monoisotopic (exact) mass is 454 g/mol. The quantitative estimate of drug-likeness (QED) is 0.348. The molecule has 0 bridgehead atoms. The van der Waals surface area contributed by atoms with Gasteiger partial charge in [0.05, 0.1) is 39.1 Å². The van der Waals surface area contributed by atoms with Crippen LogP contribution in [0.15, 0.2) is 73.3 Å². The van der Waals surface area contributed by atoms with Gasteiger partial charge in [0.15, 0.2) is 4.64 Å². The molecule has 0 atom stereocenters. The number of hydrogen-bond acceptors (Lipinski definition) is 6. The predicted molar refractivity (Wildman–Crippen MR) is 123 cm³/mol. The van der Waals surface area contributed by atoms with Crippen molar-refractivity contribution in [3.8, 4) is 0 Å². The van der Waals surface area contributed by atoms with Crippen molar-refractivity contribution in [1.82, 2.24) is 19.5 Å². The molecule has 0 amide bonds. The second-order valence-electron chi connectivity index (χ2n) is 7.04. The number of benzene rings is 2. The van der Waals surface area contributed by atoms with Gasteiger partial charge < -0.3 is 24.7 Å². The van der Waals surface area contributed by atoms with Gasteiger partial charge in [-0.2, -0.15) is 0 Å². The summed E-state index contributed by atoms with van der Waals surface area (Å²) in [5, 5.41) is 0. The Balaban J connectivity index is 0.00000289. The molecule has 0 saturated carbocycles. The van der Waals surface area contributed by atoms with Gasteiger partial charge in [0.2, 0.25) is 0 Å². The number of H-pyrrole nitrogens is 1. The summed E-state index contributed by atoms with van der Waals surface area (Å²) in [4.78, 5) is 11.5. The highest BCUT2D eigenvalue weighted by molar-refractivity contribution is 7.71. The van der Waals surface area contributed by atoms with Crippen LogP contribution in [-0.4, -0.2) is 44.3 Å². The van der Waals surface area contributed by atoms with Crippen LogP contribution in [0.2, 0.25) is 0 Å². The maximum atomic E-state index is 6.11. The van der Waals surface area contributed by atoms with Crippen LogP contribution in [0.25, 0.3) is 11.2 Å². The lowest BCUT2D eigenvalue weighted by Gasteiger charge is -2.19. The lowest BCUT2D eigenvalue weighted by atomic mass is 10.2. The summed E-state index contributed by atoms with van der Waals surface area (Å²) in [5.41, 5.74) is 3.66. The molecular formula is C23H26N4O4S. The smallest absolute Gasteiger partial charge is 0.157 e. The Hall–Kier alpha value is -2.95. The minimum Gasteiger partial charge on any atom is -0.412 e. The standard InChI is InChI=1S/C23H24N4O3S.H2O/c31-23-21-22(24-15-25-23)27(16-26-21)17-30-20(13-28-11-18-7-3-1-4-8-18)14-29-12-19-9-5-2-6-10-19;/h1-10,15-16,20H,11-14,17H2,(H,24,25,31);1H2. The molecule has 0 aliphatic heterocycles. The van der Waals surface area contributed by atoms with Gasteiger partial charge in [0.1, 0.15) is 24.0 Å². The van der Waals surface area contributed by atoms with E-state index in [-0.39, 0.29) is 11.6 Å². The number of nitrogens with zero attached hydrogens (tertiary/aromatic N) is 3.